The fourth-order valence-electron chi connectivity index (χ4n) is 1.74. The SMILES string of the molecule is C=CCOc1ccc(/C=N/NC(=O)C(=O)Nc2ccc(Br)cc2)cc1. The maximum atomic E-state index is 11.8. The molecule has 0 heterocycles. The summed E-state index contributed by atoms with van der Waals surface area (Å²) in [5.41, 5.74) is 3.44. The van der Waals surface area contributed by atoms with E-state index < -0.39 is 11.8 Å². The smallest absolute Gasteiger partial charge is 0.329 e. The van der Waals surface area contributed by atoms with Crippen molar-refractivity contribution in [1.82, 2.24) is 5.43 Å². The molecule has 0 spiro atoms. The molecule has 2 aromatic carbocycles. The number of benzene rings is 2. The van der Waals surface area contributed by atoms with Gasteiger partial charge in [-0.15, -0.1) is 0 Å². The predicted molar refractivity (Wildman–Crippen MR) is 101 cm³/mol. The third-order valence-corrected chi connectivity index (χ3v) is 3.46. The largest absolute Gasteiger partial charge is 0.490 e. The molecule has 0 saturated heterocycles. The average molecular weight is 402 g/mol. The number of hydrogen-bond acceptors (Lipinski definition) is 4. The number of nitrogens with one attached hydrogen (secondary N) is 2. The van der Waals surface area contributed by atoms with E-state index >= 15 is 0 Å². The number of carbonyl (C=O) groups excluding carboxylic acids is 2. The van der Waals surface area contributed by atoms with Crippen LogP contribution in [0.15, 0.2) is 70.8 Å². The normalized spacial score (nSPS) is 10.3. The number of halogens is 1. The van der Waals surface area contributed by atoms with Crippen LogP contribution in [0, 0.1) is 0 Å². The van der Waals surface area contributed by atoms with Gasteiger partial charge in [-0.25, -0.2) is 5.43 Å². The Hall–Kier alpha value is -2.93. The summed E-state index contributed by atoms with van der Waals surface area (Å²) in [4.78, 5) is 23.5. The van der Waals surface area contributed by atoms with Gasteiger partial charge in [0.25, 0.3) is 0 Å². The molecule has 7 heteroatoms. The number of amides is 2. The van der Waals surface area contributed by atoms with Crippen LogP contribution in [0.5, 0.6) is 5.75 Å². The Balaban J connectivity index is 1.83. The highest BCUT2D eigenvalue weighted by Crippen LogP contribution is 2.14. The third kappa shape index (κ3) is 6.23. The molecule has 0 saturated carbocycles. The van der Waals surface area contributed by atoms with Gasteiger partial charge in [0.15, 0.2) is 0 Å². The molecule has 0 aliphatic heterocycles. The molecule has 6 nitrogen and oxygen atoms in total. The van der Waals surface area contributed by atoms with Crippen molar-refractivity contribution in [2.75, 3.05) is 11.9 Å². The molecule has 2 rings (SSSR count). The Morgan fingerprint density at radius 1 is 1.08 bits per heavy atom. The number of hydrazone groups is 1. The molecule has 2 aromatic rings. The Bertz CT molecular complexity index is 771. The monoisotopic (exact) mass is 401 g/mol. The van der Waals surface area contributed by atoms with E-state index in [9.17, 15) is 9.59 Å². The van der Waals surface area contributed by atoms with Gasteiger partial charge in [-0.3, -0.25) is 9.59 Å². The molecule has 0 aromatic heterocycles. The number of nitrogens with zero attached hydrogens (tertiary/aromatic N) is 1. The van der Waals surface area contributed by atoms with E-state index in [2.05, 4.69) is 38.4 Å². The zero-order chi connectivity index (χ0) is 18.1. The molecule has 128 valence electrons. The fourth-order valence-corrected chi connectivity index (χ4v) is 2.01. The van der Waals surface area contributed by atoms with Crippen LogP contribution < -0.4 is 15.5 Å². The lowest BCUT2D eigenvalue weighted by Gasteiger charge is -2.04. The molecular formula is C18H16BrN3O3. The van der Waals surface area contributed by atoms with Gasteiger partial charge in [0.2, 0.25) is 0 Å². The minimum absolute atomic E-state index is 0.428. The van der Waals surface area contributed by atoms with E-state index in [1.165, 1.54) is 6.21 Å². The summed E-state index contributed by atoms with van der Waals surface area (Å²) in [6.07, 6.45) is 3.09. The van der Waals surface area contributed by atoms with Gasteiger partial charge in [-0.1, -0.05) is 28.6 Å². The lowest BCUT2D eigenvalue weighted by molar-refractivity contribution is -0.136. The standard InChI is InChI=1S/C18H16BrN3O3/c1-2-11-25-16-9-3-13(4-10-16)12-20-22-18(24)17(23)21-15-7-5-14(19)6-8-15/h2-10,12H,1,11H2,(H,21,23)(H,22,24)/b20-12+. The average Bonchev–Trinajstić information content (AvgIpc) is 2.62. The molecule has 2 N–H and O–H groups in total. The lowest BCUT2D eigenvalue weighted by atomic mass is 10.2. The summed E-state index contributed by atoms with van der Waals surface area (Å²) in [6.45, 7) is 4.00. The van der Waals surface area contributed by atoms with Gasteiger partial charge in [-0.2, -0.15) is 5.10 Å². The summed E-state index contributed by atoms with van der Waals surface area (Å²) in [5, 5.41) is 6.23. The molecule has 0 fully saturated rings. The van der Waals surface area contributed by atoms with E-state index in [0.29, 0.717) is 18.0 Å². The second kappa shape index (κ2) is 9.39. The van der Waals surface area contributed by atoms with Crippen LogP contribution in [-0.2, 0) is 9.59 Å². The summed E-state index contributed by atoms with van der Waals surface area (Å²) in [5.74, 6) is -0.951. The number of carbonyl (C=O) groups is 2. The van der Waals surface area contributed by atoms with Crippen molar-refractivity contribution in [3.63, 3.8) is 0 Å². The Kier molecular flexibility index (Phi) is 6.91. The zero-order valence-corrected chi connectivity index (χ0v) is 14.8. The van der Waals surface area contributed by atoms with E-state index in [1.54, 1.807) is 54.6 Å². The van der Waals surface area contributed by atoms with Crippen LogP contribution in [0.3, 0.4) is 0 Å². The molecule has 2 amide bonds. The van der Waals surface area contributed by atoms with Crippen molar-refractivity contribution < 1.29 is 14.3 Å². The molecule has 0 aliphatic carbocycles. The second-order valence-electron chi connectivity index (χ2n) is 4.83. The first-order valence-corrected chi connectivity index (χ1v) is 8.11. The van der Waals surface area contributed by atoms with Crippen LogP contribution >= 0.6 is 15.9 Å². The quantitative estimate of drug-likeness (QED) is 0.337. The van der Waals surface area contributed by atoms with Gasteiger partial charge < -0.3 is 10.1 Å². The van der Waals surface area contributed by atoms with Gasteiger partial charge in [0.05, 0.1) is 6.21 Å². The first-order valence-electron chi connectivity index (χ1n) is 7.32. The molecule has 0 atom stereocenters. The van der Waals surface area contributed by atoms with Crippen molar-refractivity contribution in [3.8, 4) is 5.75 Å². The van der Waals surface area contributed by atoms with Crippen LogP contribution in [0.4, 0.5) is 5.69 Å². The zero-order valence-electron chi connectivity index (χ0n) is 13.2. The first kappa shape index (κ1) is 18.4. The Labute approximate surface area is 153 Å². The van der Waals surface area contributed by atoms with Gasteiger partial charge in [-0.05, 0) is 54.1 Å². The van der Waals surface area contributed by atoms with Crippen molar-refractivity contribution >= 4 is 39.6 Å². The van der Waals surface area contributed by atoms with Crippen molar-refractivity contribution in [2.24, 2.45) is 5.10 Å². The summed E-state index contributed by atoms with van der Waals surface area (Å²) < 4.78 is 6.24. The van der Waals surface area contributed by atoms with Crippen LogP contribution in [-0.4, -0.2) is 24.6 Å². The van der Waals surface area contributed by atoms with E-state index in [0.717, 1.165) is 10.0 Å². The van der Waals surface area contributed by atoms with E-state index in [1.807, 2.05) is 0 Å². The second-order valence-corrected chi connectivity index (χ2v) is 5.74. The Morgan fingerprint density at radius 2 is 1.76 bits per heavy atom. The summed E-state index contributed by atoms with van der Waals surface area (Å²) >= 11 is 3.29. The molecule has 0 bridgehead atoms. The predicted octanol–water partition coefficient (Wildman–Crippen LogP) is 3.10. The minimum Gasteiger partial charge on any atom is -0.490 e. The van der Waals surface area contributed by atoms with Crippen LogP contribution in [0.2, 0.25) is 0 Å². The highest BCUT2D eigenvalue weighted by molar-refractivity contribution is 9.10. The lowest BCUT2D eigenvalue weighted by Crippen LogP contribution is -2.32. The van der Waals surface area contributed by atoms with Crippen molar-refractivity contribution in [3.05, 3.63) is 71.2 Å². The molecule has 0 aliphatic rings. The van der Waals surface area contributed by atoms with Crippen molar-refractivity contribution in [1.29, 1.82) is 0 Å². The van der Waals surface area contributed by atoms with Crippen LogP contribution in [0.25, 0.3) is 0 Å². The summed E-state index contributed by atoms with van der Waals surface area (Å²) in [6, 6.07) is 14.0. The molecule has 0 unspecified atom stereocenters. The number of hydrogen-bond donors (Lipinski definition) is 2. The van der Waals surface area contributed by atoms with Crippen molar-refractivity contribution in [2.45, 2.75) is 0 Å². The summed E-state index contributed by atoms with van der Waals surface area (Å²) in [7, 11) is 0. The topological polar surface area (TPSA) is 79.8 Å². The molecule has 0 radical (unpaired) electrons. The van der Waals surface area contributed by atoms with Gasteiger partial charge in [0, 0.05) is 10.2 Å². The minimum atomic E-state index is -0.856. The van der Waals surface area contributed by atoms with Gasteiger partial charge >= 0.3 is 11.8 Å². The fraction of sp³-hybridized carbons (Fsp3) is 0.0556. The number of ether oxygens (including phenoxy) is 1. The highest BCUT2D eigenvalue weighted by Gasteiger charge is 2.12. The molecule has 25 heavy (non-hydrogen) atoms. The van der Waals surface area contributed by atoms with E-state index in [4.69, 9.17) is 4.74 Å². The van der Waals surface area contributed by atoms with Crippen LogP contribution in [0.1, 0.15) is 5.56 Å². The third-order valence-electron chi connectivity index (χ3n) is 2.94. The maximum Gasteiger partial charge on any atom is 0.329 e. The molecular weight excluding hydrogens is 386 g/mol. The van der Waals surface area contributed by atoms with Gasteiger partial charge in [0.1, 0.15) is 12.4 Å². The highest BCUT2D eigenvalue weighted by atomic mass is 79.9. The Morgan fingerprint density at radius 3 is 2.40 bits per heavy atom. The maximum absolute atomic E-state index is 11.8. The number of rotatable bonds is 6. The number of anilines is 1. The first-order chi connectivity index (χ1) is 12.1. The van der Waals surface area contributed by atoms with E-state index in [-0.39, 0.29) is 0 Å².